The molecule has 3 heterocycles. The van der Waals surface area contributed by atoms with Crippen molar-refractivity contribution in [1.82, 2.24) is 9.88 Å². The molecular formula is C32H35ClN4O2. The smallest absolute Gasteiger partial charge is 0.227 e. The van der Waals surface area contributed by atoms with Crippen molar-refractivity contribution >= 4 is 23.3 Å². The average Bonchev–Trinajstić information content (AvgIpc) is 2.98. The molecule has 3 aromatic rings. The molecule has 2 saturated heterocycles. The molecule has 2 aliphatic rings. The number of aromatic nitrogens is 1. The molecule has 2 aliphatic heterocycles. The van der Waals surface area contributed by atoms with Gasteiger partial charge in [0.2, 0.25) is 5.91 Å². The molecule has 202 valence electrons. The highest BCUT2D eigenvalue weighted by molar-refractivity contribution is 6.30. The highest BCUT2D eigenvalue weighted by atomic mass is 35.5. The lowest BCUT2D eigenvalue weighted by molar-refractivity contribution is -0.139. The third-order valence-electron chi connectivity index (χ3n) is 8.29. The Kier molecular flexibility index (Phi) is 8.38. The Morgan fingerprint density at radius 2 is 1.82 bits per heavy atom. The van der Waals surface area contributed by atoms with Gasteiger partial charge in [0, 0.05) is 49.2 Å². The highest BCUT2D eigenvalue weighted by Crippen LogP contribution is 2.38. The Morgan fingerprint density at radius 3 is 2.51 bits per heavy atom. The molecule has 2 aromatic carbocycles. The van der Waals surface area contributed by atoms with Gasteiger partial charge in [-0.1, -0.05) is 47.5 Å². The number of halogens is 1. The first-order chi connectivity index (χ1) is 18.9. The molecule has 1 amide bonds. The van der Waals surface area contributed by atoms with Gasteiger partial charge in [0.05, 0.1) is 24.0 Å². The standard InChI is InChI=1S/C32H35ClN4O2/c1-22-6-12-27(13-7-22)39-23(2)28-14-18-37(21-30(28)24-8-10-26(33)11-9-24)32(38)29-15-17-36(20-25(29)19-34)31-5-3-4-16-35-31/h3-13,16,23,25,28-30H,14-15,17-18,20-21H2,1-2H3/t23-,25?,28+,29?,30+/m0/s1. The van der Waals surface area contributed by atoms with Gasteiger partial charge in [0.25, 0.3) is 0 Å². The van der Waals surface area contributed by atoms with Crippen molar-refractivity contribution in [1.29, 1.82) is 5.26 Å². The minimum Gasteiger partial charge on any atom is -0.490 e. The maximum Gasteiger partial charge on any atom is 0.227 e. The van der Waals surface area contributed by atoms with Crippen LogP contribution in [0.5, 0.6) is 5.75 Å². The van der Waals surface area contributed by atoms with Crippen LogP contribution in [0.15, 0.2) is 72.9 Å². The van der Waals surface area contributed by atoms with Crippen molar-refractivity contribution in [3.8, 4) is 11.8 Å². The Hall–Kier alpha value is -3.56. The van der Waals surface area contributed by atoms with E-state index in [-0.39, 0.29) is 35.7 Å². The van der Waals surface area contributed by atoms with Gasteiger partial charge in [-0.2, -0.15) is 5.26 Å². The maximum atomic E-state index is 13.9. The molecular weight excluding hydrogens is 508 g/mol. The maximum absolute atomic E-state index is 13.9. The molecule has 1 aromatic heterocycles. The summed E-state index contributed by atoms with van der Waals surface area (Å²) in [4.78, 5) is 22.4. The summed E-state index contributed by atoms with van der Waals surface area (Å²) in [6.07, 6.45) is 3.21. The van der Waals surface area contributed by atoms with Crippen molar-refractivity contribution in [3.05, 3.63) is 89.1 Å². The number of anilines is 1. The Labute approximate surface area is 236 Å². The lowest BCUT2D eigenvalue weighted by Crippen LogP contribution is -2.52. The first-order valence-electron chi connectivity index (χ1n) is 13.8. The van der Waals surface area contributed by atoms with Crippen LogP contribution in [0.2, 0.25) is 5.02 Å². The van der Waals surface area contributed by atoms with E-state index in [0.29, 0.717) is 37.6 Å². The summed E-state index contributed by atoms with van der Waals surface area (Å²) >= 11 is 6.21. The van der Waals surface area contributed by atoms with E-state index in [9.17, 15) is 10.1 Å². The topological polar surface area (TPSA) is 69.5 Å². The fraction of sp³-hybridized carbons (Fsp3) is 0.406. The number of carbonyl (C=O) groups is 1. The largest absolute Gasteiger partial charge is 0.490 e. The number of ether oxygens (including phenoxy) is 1. The quantitative estimate of drug-likeness (QED) is 0.376. The summed E-state index contributed by atoms with van der Waals surface area (Å²) in [7, 11) is 0. The highest BCUT2D eigenvalue weighted by Gasteiger charge is 2.41. The predicted octanol–water partition coefficient (Wildman–Crippen LogP) is 6.11. The number of amides is 1. The second-order valence-corrected chi connectivity index (χ2v) is 11.2. The van der Waals surface area contributed by atoms with Gasteiger partial charge >= 0.3 is 0 Å². The predicted molar refractivity (Wildman–Crippen MR) is 154 cm³/mol. The molecule has 0 N–H and O–H groups in total. The second kappa shape index (κ2) is 12.1. The number of aryl methyl sites for hydroxylation is 1. The van der Waals surface area contributed by atoms with Crippen LogP contribution < -0.4 is 9.64 Å². The third-order valence-corrected chi connectivity index (χ3v) is 8.54. The molecule has 6 nitrogen and oxygen atoms in total. The Morgan fingerprint density at radius 1 is 1.05 bits per heavy atom. The minimum atomic E-state index is -0.372. The van der Waals surface area contributed by atoms with E-state index >= 15 is 0 Å². The molecule has 0 aliphatic carbocycles. The van der Waals surface area contributed by atoms with E-state index in [1.165, 1.54) is 5.56 Å². The molecule has 2 fully saturated rings. The average molecular weight is 543 g/mol. The van der Waals surface area contributed by atoms with Crippen molar-refractivity contribution in [2.24, 2.45) is 17.8 Å². The zero-order valence-corrected chi connectivity index (χ0v) is 23.3. The monoisotopic (exact) mass is 542 g/mol. The molecule has 0 saturated carbocycles. The zero-order chi connectivity index (χ0) is 27.4. The lowest BCUT2D eigenvalue weighted by Gasteiger charge is -2.44. The van der Waals surface area contributed by atoms with Gasteiger partial charge in [-0.3, -0.25) is 4.79 Å². The molecule has 0 spiro atoms. The van der Waals surface area contributed by atoms with Crippen LogP contribution in [-0.4, -0.2) is 48.1 Å². The summed E-state index contributed by atoms with van der Waals surface area (Å²) in [5.74, 6) is 1.46. The van der Waals surface area contributed by atoms with E-state index in [2.05, 4.69) is 54.1 Å². The first kappa shape index (κ1) is 27.0. The van der Waals surface area contributed by atoms with Gasteiger partial charge in [0.1, 0.15) is 11.6 Å². The van der Waals surface area contributed by atoms with E-state index < -0.39 is 0 Å². The summed E-state index contributed by atoms with van der Waals surface area (Å²) < 4.78 is 6.40. The molecule has 39 heavy (non-hydrogen) atoms. The second-order valence-electron chi connectivity index (χ2n) is 10.8. The fourth-order valence-corrected chi connectivity index (χ4v) is 6.20. The van der Waals surface area contributed by atoms with Crippen molar-refractivity contribution in [3.63, 3.8) is 0 Å². The van der Waals surface area contributed by atoms with Crippen LogP contribution in [0.3, 0.4) is 0 Å². The number of carbonyl (C=O) groups excluding carboxylic acids is 1. The third kappa shape index (κ3) is 6.20. The number of rotatable bonds is 6. The summed E-state index contributed by atoms with van der Waals surface area (Å²) in [5.41, 5.74) is 2.35. The van der Waals surface area contributed by atoms with Gasteiger partial charge in [0.15, 0.2) is 0 Å². The lowest BCUT2D eigenvalue weighted by atomic mass is 9.77. The number of hydrogen-bond donors (Lipinski definition) is 0. The van der Waals surface area contributed by atoms with Gasteiger partial charge in [-0.25, -0.2) is 4.98 Å². The molecule has 5 atom stereocenters. The van der Waals surface area contributed by atoms with Crippen molar-refractivity contribution in [2.45, 2.75) is 38.7 Å². The Balaban J connectivity index is 1.32. The number of pyridine rings is 1. The van der Waals surface area contributed by atoms with Gasteiger partial charge in [-0.15, -0.1) is 0 Å². The fourth-order valence-electron chi connectivity index (χ4n) is 6.08. The first-order valence-corrected chi connectivity index (χ1v) is 14.1. The molecule has 0 radical (unpaired) electrons. The van der Waals surface area contributed by atoms with Gasteiger partial charge < -0.3 is 14.5 Å². The van der Waals surface area contributed by atoms with Crippen LogP contribution in [0.25, 0.3) is 0 Å². The van der Waals surface area contributed by atoms with Crippen LogP contribution in [-0.2, 0) is 4.79 Å². The van der Waals surface area contributed by atoms with E-state index in [4.69, 9.17) is 16.3 Å². The van der Waals surface area contributed by atoms with Gasteiger partial charge in [-0.05, 0) is 68.7 Å². The van der Waals surface area contributed by atoms with E-state index in [0.717, 1.165) is 23.6 Å². The summed E-state index contributed by atoms with van der Waals surface area (Å²) in [5, 5.41) is 10.7. The number of hydrogen-bond acceptors (Lipinski definition) is 5. The molecule has 5 rings (SSSR count). The summed E-state index contributed by atoms with van der Waals surface area (Å²) in [6, 6.07) is 24.3. The minimum absolute atomic E-state index is 0.0286. The molecule has 7 heteroatoms. The zero-order valence-electron chi connectivity index (χ0n) is 22.5. The number of benzene rings is 2. The van der Waals surface area contributed by atoms with Crippen LogP contribution >= 0.6 is 11.6 Å². The SMILES string of the molecule is Cc1ccc(O[C@@H](C)[C@H]2CCN(C(=O)C3CCN(c4ccccn4)CC3C#N)C[C@@H]2c2ccc(Cl)cc2)cc1. The van der Waals surface area contributed by atoms with Crippen molar-refractivity contribution in [2.75, 3.05) is 31.1 Å². The normalized spacial score (nSPS) is 24.1. The number of nitrogens with zero attached hydrogens (tertiary/aromatic N) is 4. The van der Waals surface area contributed by atoms with Crippen LogP contribution in [0, 0.1) is 36.0 Å². The Bertz CT molecular complexity index is 1290. The summed E-state index contributed by atoms with van der Waals surface area (Å²) in [6.45, 7) is 6.69. The van der Waals surface area contributed by atoms with Crippen LogP contribution in [0.4, 0.5) is 5.82 Å². The number of likely N-dealkylation sites (tertiary alicyclic amines) is 1. The van der Waals surface area contributed by atoms with Crippen molar-refractivity contribution < 1.29 is 9.53 Å². The van der Waals surface area contributed by atoms with E-state index in [1.807, 2.05) is 47.4 Å². The number of piperidine rings is 2. The van der Waals surface area contributed by atoms with Crippen LogP contribution in [0.1, 0.15) is 36.8 Å². The van der Waals surface area contributed by atoms with E-state index in [1.54, 1.807) is 6.20 Å². The molecule has 0 bridgehead atoms. The molecule has 2 unspecified atom stereocenters. The number of nitriles is 1.